The summed E-state index contributed by atoms with van der Waals surface area (Å²) in [5.41, 5.74) is -0.158. The minimum absolute atomic E-state index is 0.154. The van der Waals surface area contributed by atoms with Crippen LogP contribution in [0.5, 0.6) is 0 Å². The molecule has 1 aromatic rings. The van der Waals surface area contributed by atoms with Crippen molar-refractivity contribution in [1.29, 1.82) is 0 Å². The van der Waals surface area contributed by atoms with Crippen molar-refractivity contribution in [2.75, 3.05) is 13.3 Å². The van der Waals surface area contributed by atoms with Crippen LogP contribution in [0.4, 0.5) is 4.79 Å². The summed E-state index contributed by atoms with van der Waals surface area (Å²) >= 11 is 0. The predicted octanol–water partition coefficient (Wildman–Crippen LogP) is 2.20. The van der Waals surface area contributed by atoms with E-state index in [1.54, 1.807) is 20.8 Å². The fourth-order valence-corrected chi connectivity index (χ4v) is 2.38. The number of aldehydes is 1. The van der Waals surface area contributed by atoms with Gasteiger partial charge in [-0.2, -0.15) is 0 Å². The lowest BCUT2D eigenvalue weighted by Gasteiger charge is -2.28. The van der Waals surface area contributed by atoms with Crippen LogP contribution >= 0.6 is 0 Å². The van der Waals surface area contributed by atoms with E-state index in [0.717, 1.165) is 6.26 Å². The van der Waals surface area contributed by atoms with Crippen molar-refractivity contribution in [3.8, 4) is 0 Å². The van der Waals surface area contributed by atoms with Gasteiger partial charge in [0, 0.05) is 13.3 Å². The first-order valence-electron chi connectivity index (χ1n) is 6.67. The first-order chi connectivity index (χ1) is 9.95. The highest BCUT2D eigenvalue weighted by atomic mass is 32.2. The Balaban J connectivity index is 3.01. The summed E-state index contributed by atoms with van der Waals surface area (Å²) in [4.78, 5) is 24.7. The maximum atomic E-state index is 12.0. The lowest BCUT2D eigenvalue weighted by Crippen LogP contribution is -2.37. The van der Waals surface area contributed by atoms with Crippen molar-refractivity contribution in [1.82, 2.24) is 4.90 Å². The summed E-state index contributed by atoms with van der Waals surface area (Å²) in [5.74, 6) is 0. The number of benzene rings is 1. The maximum absolute atomic E-state index is 12.0. The van der Waals surface area contributed by atoms with Crippen LogP contribution in [-0.4, -0.2) is 44.6 Å². The Hall–Kier alpha value is -1.89. The Morgan fingerprint density at radius 1 is 1.23 bits per heavy atom. The van der Waals surface area contributed by atoms with E-state index in [4.69, 9.17) is 4.74 Å². The molecule has 0 bridgehead atoms. The zero-order valence-corrected chi connectivity index (χ0v) is 14.2. The van der Waals surface area contributed by atoms with Crippen molar-refractivity contribution in [2.45, 2.75) is 37.3 Å². The number of hydrogen-bond donors (Lipinski definition) is 0. The topological polar surface area (TPSA) is 80.8 Å². The number of ether oxygens (including phenoxy) is 1. The second-order valence-electron chi connectivity index (χ2n) is 6.01. The standard InChI is InChI=1S/C15H21NO5S/c1-15(2,3)21-14(18)16(4)13(10-17)11-6-8-12(9-7-11)22(5,19)20/h6-10,13H,1-5H3. The van der Waals surface area contributed by atoms with Gasteiger partial charge in [-0.3, -0.25) is 4.90 Å². The van der Waals surface area contributed by atoms with Gasteiger partial charge in [0.05, 0.1) is 4.90 Å². The van der Waals surface area contributed by atoms with Gasteiger partial charge in [0.25, 0.3) is 0 Å². The van der Waals surface area contributed by atoms with Gasteiger partial charge < -0.3 is 9.53 Å². The summed E-state index contributed by atoms with van der Waals surface area (Å²) < 4.78 is 28.1. The van der Waals surface area contributed by atoms with Crippen LogP contribution in [0.15, 0.2) is 29.2 Å². The zero-order chi connectivity index (χ0) is 17.1. The largest absolute Gasteiger partial charge is 0.444 e. The van der Waals surface area contributed by atoms with Crippen molar-refractivity contribution in [3.05, 3.63) is 29.8 Å². The van der Waals surface area contributed by atoms with Gasteiger partial charge >= 0.3 is 6.09 Å². The molecular weight excluding hydrogens is 306 g/mol. The molecule has 0 aliphatic rings. The highest BCUT2D eigenvalue weighted by molar-refractivity contribution is 7.90. The molecule has 1 atom stereocenters. The van der Waals surface area contributed by atoms with Crippen molar-refractivity contribution >= 4 is 22.2 Å². The number of carbonyl (C=O) groups is 2. The molecule has 1 unspecified atom stereocenters. The molecule has 0 radical (unpaired) electrons. The molecular formula is C15H21NO5S. The number of carbonyl (C=O) groups excluding carboxylic acids is 2. The third-order valence-electron chi connectivity index (χ3n) is 2.88. The van der Waals surface area contributed by atoms with Crippen molar-refractivity contribution < 1.29 is 22.7 Å². The fourth-order valence-electron chi connectivity index (χ4n) is 1.75. The Bertz CT molecular complexity index is 644. The molecule has 1 rings (SSSR count). The Morgan fingerprint density at radius 2 is 1.73 bits per heavy atom. The van der Waals surface area contributed by atoms with E-state index >= 15 is 0 Å². The minimum Gasteiger partial charge on any atom is -0.444 e. The number of sulfone groups is 1. The molecule has 0 saturated heterocycles. The molecule has 6 nitrogen and oxygen atoms in total. The number of hydrogen-bond acceptors (Lipinski definition) is 5. The molecule has 1 amide bonds. The van der Waals surface area contributed by atoms with Crippen molar-refractivity contribution in [2.24, 2.45) is 0 Å². The van der Waals surface area contributed by atoms with Gasteiger partial charge in [-0.15, -0.1) is 0 Å². The molecule has 0 aromatic heterocycles. The zero-order valence-electron chi connectivity index (χ0n) is 13.4. The second-order valence-corrected chi connectivity index (χ2v) is 8.03. The molecule has 0 aliphatic carbocycles. The molecule has 7 heteroatoms. The average molecular weight is 327 g/mol. The Labute approximate surface area is 131 Å². The lowest BCUT2D eigenvalue weighted by atomic mass is 10.1. The third-order valence-corrected chi connectivity index (χ3v) is 4.01. The summed E-state index contributed by atoms with van der Waals surface area (Å²) in [5, 5.41) is 0. The SMILES string of the molecule is CN(C(=O)OC(C)(C)C)C(C=O)c1ccc(S(C)(=O)=O)cc1. The Morgan fingerprint density at radius 3 is 2.09 bits per heavy atom. The maximum Gasteiger partial charge on any atom is 0.410 e. The monoisotopic (exact) mass is 327 g/mol. The number of likely N-dealkylation sites (N-methyl/N-ethyl adjacent to an activating group) is 1. The normalized spacial score (nSPS) is 13.3. The van der Waals surface area contributed by atoms with Gasteiger partial charge in [0.1, 0.15) is 17.9 Å². The van der Waals surface area contributed by atoms with Crippen LogP contribution in [0.3, 0.4) is 0 Å². The highest BCUT2D eigenvalue weighted by Gasteiger charge is 2.26. The van der Waals surface area contributed by atoms with Gasteiger partial charge in [-0.05, 0) is 38.5 Å². The number of rotatable bonds is 4. The molecule has 1 aromatic carbocycles. The minimum atomic E-state index is -3.31. The Kier molecular flexibility index (Phi) is 5.35. The number of nitrogens with zero attached hydrogens (tertiary/aromatic N) is 1. The highest BCUT2D eigenvalue weighted by Crippen LogP contribution is 2.21. The van der Waals surface area contributed by atoms with Gasteiger partial charge in [-0.25, -0.2) is 13.2 Å². The molecule has 122 valence electrons. The van der Waals surface area contributed by atoms with Gasteiger partial charge in [0.2, 0.25) is 0 Å². The van der Waals surface area contributed by atoms with E-state index in [9.17, 15) is 18.0 Å². The summed E-state index contributed by atoms with van der Waals surface area (Å²) in [6.45, 7) is 5.20. The van der Waals surface area contributed by atoms with Crippen LogP contribution < -0.4 is 0 Å². The smallest absolute Gasteiger partial charge is 0.410 e. The molecule has 0 saturated carbocycles. The summed E-state index contributed by atoms with van der Waals surface area (Å²) in [6, 6.07) is 4.99. The average Bonchev–Trinajstić information content (AvgIpc) is 2.37. The van der Waals surface area contributed by atoms with E-state index in [0.29, 0.717) is 11.8 Å². The summed E-state index contributed by atoms with van der Waals surface area (Å²) in [6.07, 6.45) is 1.09. The molecule has 0 aliphatic heterocycles. The van der Waals surface area contributed by atoms with E-state index in [2.05, 4.69) is 0 Å². The molecule has 22 heavy (non-hydrogen) atoms. The van der Waals surface area contributed by atoms with Crippen LogP contribution in [0.1, 0.15) is 32.4 Å². The first-order valence-corrected chi connectivity index (χ1v) is 8.56. The predicted molar refractivity (Wildman–Crippen MR) is 82.4 cm³/mol. The van der Waals surface area contributed by atoms with E-state index < -0.39 is 27.6 Å². The van der Waals surface area contributed by atoms with Crippen LogP contribution in [0, 0.1) is 0 Å². The van der Waals surface area contributed by atoms with Gasteiger partial charge in [-0.1, -0.05) is 12.1 Å². The lowest BCUT2D eigenvalue weighted by molar-refractivity contribution is -0.112. The molecule has 0 spiro atoms. The van der Waals surface area contributed by atoms with Crippen molar-refractivity contribution in [3.63, 3.8) is 0 Å². The fraction of sp³-hybridized carbons (Fsp3) is 0.467. The van der Waals surface area contributed by atoms with E-state index in [-0.39, 0.29) is 4.90 Å². The van der Waals surface area contributed by atoms with Gasteiger partial charge in [0.15, 0.2) is 9.84 Å². The first kappa shape index (κ1) is 18.2. The van der Waals surface area contributed by atoms with Crippen LogP contribution in [-0.2, 0) is 19.4 Å². The summed E-state index contributed by atoms with van der Waals surface area (Å²) in [7, 11) is -1.85. The molecule has 0 N–H and O–H groups in total. The van der Waals surface area contributed by atoms with E-state index in [1.807, 2.05) is 0 Å². The molecule has 0 heterocycles. The quantitative estimate of drug-likeness (QED) is 0.792. The molecule has 0 fully saturated rings. The van der Waals surface area contributed by atoms with Crippen LogP contribution in [0.2, 0.25) is 0 Å². The number of amides is 1. The second kappa shape index (κ2) is 6.48. The third kappa shape index (κ3) is 4.84. The van der Waals surface area contributed by atoms with Crippen LogP contribution in [0.25, 0.3) is 0 Å². The van der Waals surface area contributed by atoms with E-state index in [1.165, 1.54) is 36.2 Å².